The molecule has 1 saturated carbocycles. The first-order valence-electron chi connectivity index (χ1n) is 6.47. The minimum absolute atomic E-state index is 0.438. The molecule has 0 aromatic heterocycles. The smallest absolute Gasteiger partial charge is 0.0331 e. The Morgan fingerprint density at radius 3 is 2.53 bits per heavy atom. The fourth-order valence-electron chi connectivity index (χ4n) is 2.98. The molecular weight excluding hydrogens is 184 g/mol. The summed E-state index contributed by atoms with van der Waals surface area (Å²) in [7, 11) is 2.31. The molecule has 0 aromatic rings. The summed E-state index contributed by atoms with van der Waals surface area (Å²) in [6, 6.07) is 0.710. The van der Waals surface area contributed by atoms with Crippen LogP contribution in [0.3, 0.4) is 0 Å². The van der Waals surface area contributed by atoms with Crippen LogP contribution in [0.1, 0.15) is 40.0 Å². The Kier molecular flexibility index (Phi) is 3.09. The van der Waals surface area contributed by atoms with E-state index in [1.54, 1.807) is 0 Å². The summed E-state index contributed by atoms with van der Waals surface area (Å²) in [5.74, 6) is 1.76. The number of rotatable bonds is 3. The zero-order valence-corrected chi connectivity index (χ0v) is 10.7. The standard InChI is InChI=1S/C13H26N2/c1-10(2)7-12-8-15(4)13(3,9-14-12)11-5-6-11/h10-12,14H,5-9H2,1-4H3. The summed E-state index contributed by atoms with van der Waals surface area (Å²) >= 11 is 0. The Labute approximate surface area is 94.4 Å². The van der Waals surface area contributed by atoms with Gasteiger partial charge in [-0.15, -0.1) is 0 Å². The van der Waals surface area contributed by atoms with E-state index in [0.29, 0.717) is 11.6 Å². The third-order valence-corrected chi connectivity index (χ3v) is 4.33. The van der Waals surface area contributed by atoms with Crippen molar-refractivity contribution in [1.29, 1.82) is 0 Å². The van der Waals surface area contributed by atoms with Crippen molar-refractivity contribution in [1.82, 2.24) is 10.2 Å². The van der Waals surface area contributed by atoms with Crippen molar-refractivity contribution in [3.05, 3.63) is 0 Å². The zero-order valence-electron chi connectivity index (χ0n) is 10.7. The highest BCUT2D eigenvalue weighted by Gasteiger charge is 2.46. The summed E-state index contributed by atoms with van der Waals surface area (Å²) < 4.78 is 0. The number of likely N-dealkylation sites (N-methyl/N-ethyl adjacent to an activating group) is 1. The summed E-state index contributed by atoms with van der Waals surface area (Å²) in [4.78, 5) is 2.61. The van der Waals surface area contributed by atoms with E-state index >= 15 is 0 Å². The van der Waals surface area contributed by atoms with Crippen LogP contribution in [0, 0.1) is 11.8 Å². The molecule has 88 valence electrons. The van der Waals surface area contributed by atoms with Crippen molar-refractivity contribution < 1.29 is 0 Å². The van der Waals surface area contributed by atoms with Crippen molar-refractivity contribution in [2.24, 2.45) is 11.8 Å². The highest BCUT2D eigenvalue weighted by molar-refractivity contribution is 5.03. The van der Waals surface area contributed by atoms with Crippen LogP contribution in [0.15, 0.2) is 0 Å². The third-order valence-electron chi connectivity index (χ3n) is 4.33. The first kappa shape index (κ1) is 11.4. The molecule has 0 spiro atoms. The quantitative estimate of drug-likeness (QED) is 0.767. The van der Waals surface area contributed by atoms with Crippen molar-refractivity contribution in [2.45, 2.75) is 51.6 Å². The number of nitrogens with zero attached hydrogens (tertiary/aromatic N) is 1. The van der Waals surface area contributed by atoms with Crippen LogP contribution in [-0.2, 0) is 0 Å². The van der Waals surface area contributed by atoms with Crippen LogP contribution in [0.2, 0.25) is 0 Å². The van der Waals surface area contributed by atoms with Gasteiger partial charge in [-0.1, -0.05) is 13.8 Å². The molecule has 0 bridgehead atoms. The second-order valence-electron chi connectivity index (χ2n) is 6.22. The SMILES string of the molecule is CC(C)CC1CN(C)C(C)(C2CC2)CN1. The molecule has 15 heavy (non-hydrogen) atoms. The lowest BCUT2D eigenvalue weighted by atomic mass is 9.88. The first-order valence-corrected chi connectivity index (χ1v) is 6.47. The van der Waals surface area contributed by atoms with Crippen LogP contribution in [0.25, 0.3) is 0 Å². The maximum absolute atomic E-state index is 3.75. The van der Waals surface area contributed by atoms with Crippen molar-refractivity contribution in [3.63, 3.8) is 0 Å². The van der Waals surface area contributed by atoms with Gasteiger partial charge in [-0.3, -0.25) is 4.90 Å². The molecule has 1 aliphatic carbocycles. The molecule has 0 aromatic carbocycles. The molecule has 0 radical (unpaired) electrons. The van der Waals surface area contributed by atoms with E-state index < -0.39 is 0 Å². The highest BCUT2D eigenvalue weighted by atomic mass is 15.3. The lowest BCUT2D eigenvalue weighted by molar-refractivity contribution is 0.0554. The van der Waals surface area contributed by atoms with Gasteiger partial charge in [0, 0.05) is 24.7 Å². The van der Waals surface area contributed by atoms with Gasteiger partial charge in [0.25, 0.3) is 0 Å². The summed E-state index contributed by atoms with van der Waals surface area (Å²) in [5.41, 5.74) is 0.438. The van der Waals surface area contributed by atoms with E-state index in [4.69, 9.17) is 0 Å². The van der Waals surface area contributed by atoms with Gasteiger partial charge in [0.2, 0.25) is 0 Å². The molecule has 2 nitrogen and oxygen atoms in total. The van der Waals surface area contributed by atoms with E-state index in [2.05, 4.69) is 38.0 Å². The van der Waals surface area contributed by atoms with Crippen molar-refractivity contribution in [2.75, 3.05) is 20.1 Å². The van der Waals surface area contributed by atoms with Gasteiger partial charge in [-0.2, -0.15) is 0 Å². The minimum atomic E-state index is 0.438. The molecule has 0 amide bonds. The van der Waals surface area contributed by atoms with E-state index in [0.717, 1.165) is 11.8 Å². The molecule has 1 aliphatic heterocycles. The van der Waals surface area contributed by atoms with E-state index in [-0.39, 0.29) is 0 Å². The summed E-state index contributed by atoms with van der Waals surface area (Å²) in [5, 5.41) is 3.75. The van der Waals surface area contributed by atoms with Gasteiger partial charge in [-0.25, -0.2) is 0 Å². The molecular formula is C13H26N2. The fourth-order valence-corrected chi connectivity index (χ4v) is 2.98. The van der Waals surface area contributed by atoms with Gasteiger partial charge in [0.15, 0.2) is 0 Å². The Morgan fingerprint density at radius 1 is 1.40 bits per heavy atom. The number of hydrogen-bond acceptors (Lipinski definition) is 2. The molecule has 2 unspecified atom stereocenters. The second kappa shape index (κ2) is 4.06. The lowest BCUT2D eigenvalue weighted by Crippen LogP contribution is -2.63. The molecule has 2 heteroatoms. The average molecular weight is 210 g/mol. The first-order chi connectivity index (χ1) is 7.02. The second-order valence-corrected chi connectivity index (χ2v) is 6.22. The minimum Gasteiger partial charge on any atom is -0.311 e. The van der Waals surface area contributed by atoms with Crippen LogP contribution in [-0.4, -0.2) is 36.6 Å². The average Bonchev–Trinajstić information content (AvgIpc) is 2.93. The van der Waals surface area contributed by atoms with Gasteiger partial charge in [0.05, 0.1) is 0 Å². The van der Waals surface area contributed by atoms with Crippen LogP contribution in [0.5, 0.6) is 0 Å². The van der Waals surface area contributed by atoms with Crippen LogP contribution >= 0.6 is 0 Å². The number of nitrogens with one attached hydrogen (secondary N) is 1. The monoisotopic (exact) mass is 210 g/mol. The molecule has 1 heterocycles. The van der Waals surface area contributed by atoms with E-state index in [9.17, 15) is 0 Å². The van der Waals surface area contributed by atoms with Gasteiger partial charge >= 0.3 is 0 Å². The van der Waals surface area contributed by atoms with Gasteiger partial charge in [-0.05, 0) is 45.1 Å². The predicted molar refractivity (Wildman–Crippen MR) is 65.0 cm³/mol. The fraction of sp³-hybridized carbons (Fsp3) is 1.00. The Bertz CT molecular complexity index is 223. The molecule has 2 rings (SSSR count). The van der Waals surface area contributed by atoms with Crippen molar-refractivity contribution >= 4 is 0 Å². The molecule has 2 aliphatic rings. The molecule has 2 atom stereocenters. The third kappa shape index (κ3) is 2.36. The summed E-state index contributed by atoms with van der Waals surface area (Å²) in [6.45, 7) is 9.48. The predicted octanol–water partition coefficient (Wildman–Crippen LogP) is 2.10. The Balaban J connectivity index is 1.90. The number of piperazine rings is 1. The van der Waals surface area contributed by atoms with Crippen molar-refractivity contribution in [3.8, 4) is 0 Å². The summed E-state index contributed by atoms with van der Waals surface area (Å²) in [6.07, 6.45) is 4.19. The van der Waals surface area contributed by atoms with E-state index in [1.807, 2.05) is 0 Å². The van der Waals surface area contributed by atoms with Crippen LogP contribution in [0.4, 0.5) is 0 Å². The Morgan fingerprint density at radius 2 is 2.07 bits per heavy atom. The number of hydrogen-bond donors (Lipinski definition) is 1. The molecule has 2 fully saturated rings. The lowest BCUT2D eigenvalue weighted by Gasteiger charge is -2.47. The molecule has 1 N–H and O–H groups in total. The van der Waals surface area contributed by atoms with Crippen LogP contribution < -0.4 is 5.32 Å². The maximum atomic E-state index is 3.75. The highest BCUT2D eigenvalue weighted by Crippen LogP contribution is 2.43. The van der Waals surface area contributed by atoms with E-state index in [1.165, 1.54) is 32.4 Å². The van der Waals surface area contributed by atoms with Gasteiger partial charge < -0.3 is 5.32 Å². The largest absolute Gasteiger partial charge is 0.311 e. The topological polar surface area (TPSA) is 15.3 Å². The Hall–Kier alpha value is -0.0800. The van der Waals surface area contributed by atoms with Gasteiger partial charge in [0.1, 0.15) is 0 Å². The zero-order chi connectivity index (χ0) is 11.1. The normalized spacial score (nSPS) is 38.6. The maximum Gasteiger partial charge on any atom is 0.0331 e. The molecule has 1 saturated heterocycles.